The molecule has 1 aromatic heterocycles. The van der Waals surface area contributed by atoms with E-state index in [1.807, 2.05) is 20.8 Å². The molecule has 0 aliphatic heterocycles. The van der Waals surface area contributed by atoms with E-state index >= 15 is 0 Å². The monoisotopic (exact) mass is 423 g/mol. The van der Waals surface area contributed by atoms with Crippen LogP contribution in [0.1, 0.15) is 36.8 Å². The van der Waals surface area contributed by atoms with Gasteiger partial charge in [0.05, 0.1) is 34.6 Å². The maximum Gasteiger partial charge on any atom is 0.269 e. The van der Waals surface area contributed by atoms with E-state index in [1.54, 1.807) is 37.4 Å². The molecule has 0 unspecified atom stereocenters. The van der Waals surface area contributed by atoms with E-state index in [0.29, 0.717) is 33.5 Å². The molecule has 8 heteroatoms. The van der Waals surface area contributed by atoms with Gasteiger partial charge in [0.1, 0.15) is 5.82 Å². The van der Waals surface area contributed by atoms with E-state index in [4.69, 9.17) is 20.4 Å². The second kappa shape index (κ2) is 9.09. The second-order valence-corrected chi connectivity index (χ2v) is 8.02. The predicted octanol–water partition coefficient (Wildman–Crippen LogP) is 3.76. The lowest BCUT2D eigenvalue weighted by molar-refractivity contribution is -0.0162. The van der Waals surface area contributed by atoms with E-state index in [-0.39, 0.29) is 23.9 Å². The summed E-state index contributed by atoms with van der Waals surface area (Å²) in [5, 5.41) is 1.45. The number of halogens is 1. The molecule has 0 aliphatic rings. The first-order valence-corrected chi connectivity index (χ1v) is 9.79. The molecule has 3 N–H and O–H groups in total. The van der Waals surface area contributed by atoms with Crippen LogP contribution in [0, 0.1) is 5.82 Å². The lowest BCUT2D eigenvalue weighted by Crippen LogP contribution is -2.35. The summed E-state index contributed by atoms with van der Waals surface area (Å²) >= 11 is 0. The number of nitrogens with two attached hydrogens (primary N) is 1. The lowest BCUT2D eigenvalue weighted by atomic mass is 10.1. The van der Waals surface area contributed by atoms with Gasteiger partial charge in [0, 0.05) is 30.6 Å². The Kier molecular flexibility index (Phi) is 6.50. The minimum absolute atomic E-state index is 0.248. The SMILES string of the molecule is CN(/C=C\N)NC(=O)c1ccc2nc(COC(C)(C)C)c(-c3ccc(F)cc3)nc2c1. The molecule has 7 nitrogen and oxygen atoms in total. The van der Waals surface area contributed by atoms with Crippen LogP contribution in [0.5, 0.6) is 0 Å². The molecule has 0 aliphatic carbocycles. The predicted molar refractivity (Wildman–Crippen MR) is 118 cm³/mol. The van der Waals surface area contributed by atoms with Crippen molar-refractivity contribution in [2.75, 3.05) is 7.05 Å². The molecule has 3 aromatic rings. The van der Waals surface area contributed by atoms with Crippen LogP contribution in [0.25, 0.3) is 22.3 Å². The molecule has 1 amide bonds. The summed E-state index contributed by atoms with van der Waals surface area (Å²) in [6, 6.07) is 11.1. The Labute approximate surface area is 180 Å². The number of hydrogen-bond donors (Lipinski definition) is 2. The molecule has 162 valence electrons. The van der Waals surface area contributed by atoms with Crippen molar-refractivity contribution in [1.82, 2.24) is 20.4 Å². The van der Waals surface area contributed by atoms with Crippen molar-refractivity contribution >= 4 is 16.9 Å². The number of nitrogens with one attached hydrogen (secondary N) is 1. The van der Waals surface area contributed by atoms with E-state index < -0.39 is 0 Å². The molecular formula is C23H26FN5O2. The number of fused-ring (bicyclic) bond motifs is 1. The lowest BCUT2D eigenvalue weighted by Gasteiger charge is -2.20. The molecule has 0 radical (unpaired) electrons. The van der Waals surface area contributed by atoms with Gasteiger partial charge in [0.25, 0.3) is 5.91 Å². The van der Waals surface area contributed by atoms with Crippen molar-refractivity contribution in [3.63, 3.8) is 0 Å². The van der Waals surface area contributed by atoms with Crippen LogP contribution in [0.15, 0.2) is 54.9 Å². The quantitative estimate of drug-likeness (QED) is 0.587. The van der Waals surface area contributed by atoms with Crippen LogP contribution < -0.4 is 11.2 Å². The fourth-order valence-corrected chi connectivity index (χ4v) is 2.85. The van der Waals surface area contributed by atoms with Crippen molar-refractivity contribution in [2.45, 2.75) is 33.0 Å². The van der Waals surface area contributed by atoms with Crippen molar-refractivity contribution in [2.24, 2.45) is 5.73 Å². The van der Waals surface area contributed by atoms with Gasteiger partial charge in [-0.25, -0.2) is 14.4 Å². The van der Waals surface area contributed by atoms with E-state index in [9.17, 15) is 9.18 Å². The maximum absolute atomic E-state index is 13.4. The molecular weight excluding hydrogens is 397 g/mol. The average Bonchev–Trinajstić information content (AvgIpc) is 2.71. The molecule has 1 heterocycles. The van der Waals surface area contributed by atoms with Crippen LogP contribution in [-0.4, -0.2) is 33.5 Å². The number of amides is 1. The Hall–Kier alpha value is -3.52. The Morgan fingerprint density at radius 3 is 2.52 bits per heavy atom. The van der Waals surface area contributed by atoms with Crippen molar-refractivity contribution in [3.8, 4) is 11.3 Å². The third-order valence-electron chi connectivity index (χ3n) is 4.35. The molecule has 0 saturated carbocycles. The number of aromatic nitrogens is 2. The summed E-state index contributed by atoms with van der Waals surface area (Å²) in [5.74, 6) is -0.646. The van der Waals surface area contributed by atoms with Crippen molar-refractivity contribution < 1.29 is 13.9 Å². The number of nitrogens with zero attached hydrogens (tertiary/aromatic N) is 3. The summed E-state index contributed by atoms with van der Waals surface area (Å²) in [4.78, 5) is 22.0. The summed E-state index contributed by atoms with van der Waals surface area (Å²) in [6.45, 7) is 6.13. The van der Waals surface area contributed by atoms with Gasteiger partial charge in [0.2, 0.25) is 0 Å². The zero-order valence-electron chi connectivity index (χ0n) is 18.0. The van der Waals surface area contributed by atoms with E-state index in [2.05, 4.69) is 5.43 Å². The van der Waals surface area contributed by atoms with Gasteiger partial charge >= 0.3 is 0 Å². The minimum atomic E-state index is -0.358. The van der Waals surface area contributed by atoms with Crippen LogP contribution in [0.3, 0.4) is 0 Å². The highest BCUT2D eigenvalue weighted by atomic mass is 19.1. The van der Waals surface area contributed by atoms with Crippen molar-refractivity contribution in [1.29, 1.82) is 0 Å². The Bertz CT molecular complexity index is 1110. The van der Waals surface area contributed by atoms with E-state index in [0.717, 1.165) is 0 Å². The summed E-state index contributed by atoms with van der Waals surface area (Å²) in [7, 11) is 1.66. The maximum atomic E-state index is 13.4. The van der Waals surface area contributed by atoms with Gasteiger partial charge < -0.3 is 10.5 Å². The Balaban J connectivity index is 2.04. The van der Waals surface area contributed by atoms with Gasteiger partial charge in [-0.2, -0.15) is 0 Å². The number of carbonyl (C=O) groups excluding carboxylic acids is 1. The largest absolute Gasteiger partial charge is 0.403 e. The molecule has 0 fully saturated rings. The molecule has 0 bridgehead atoms. The fraction of sp³-hybridized carbons (Fsp3) is 0.261. The standard InChI is InChI=1S/C23H26FN5O2/c1-23(2,3)31-14-20-21(15-5-8-17(24)9-6-15)27-19-13-16(7-10-18(19)26-20)22(30)28-29(4)12-11-25/h5-13H,14,25H2,1-4H3,(H,28,30)/b12-11-. The number of benzene rings is 2. The highest BCUT2D eigenvalue weighted by Gasteiger charge is 2.17. The number of hydrazine groups is 1. The first kappa shape index (κ1) is 22.2. The normalized spacial score (nSPS) is 11.8. The topological polar surface area (TPSA) is 93.4 Å². The Morgan fingerprint density at radius 2 is 1.87 bits per heavy atom. The molecule has 0 spiro atoms. The first-order chi connectivity index (χ1) is 14.7. The van der Waals surface area contributed by atoms with Crippen LogP contribution >= 0.6 is 0 Å². The molecule has 2 aromatic carbocycles. The van der Waals surface area contributed by atoms with Crippen LogP contribution in [-0.2, 0) is 11.3 Å². The highest BCUT2D eigenvalue weighted by molar-refractivity contribution is 5.97. The third-order valence-corrected chi connectivity index (χ3v) is 4.35. The first-order valence-electron chi connectivity index (χ1n) is 9.79. The van der Waals surface area contributed by atoms with Crippen LogP contribution in [0.4, 0.5) is 4.39 Å². The Morgan fingerprint density at radius 1 is 1.16 bits per heavy atom. The van der Waals surface area contributed by atoms with Gasteiger partial charge in [0.15, 0.2) is 0 Å². The van der Waals surface area contributed by atoms with Crippen molar-refractivity contribution in [3.05, 3.63) is 71.9 Å². The highest BCUT2D eigenvalue weighted by Crippen LogP contribution is 2.26. The molecule has 3 rings (SSSR count). The zero-order valence-corrected chi connectivity index (χ0v) is 18.0. The van der Waals surface area contributed by atoms with Gasteiger partial charge in [-0.1, -0.05) is 0 Å². The van der Waals surface area contributed by atoms with Gasteiger partial charge in [-0.05, 0) is 63.2 Å². The fourth-order valence-electron chi connectivity index (χ4n) is 2.85. The second-order valence-electron chi connectivity index (χ2n) is 8.02. The molecule has 0 saturated heterocycles. The zero-order chi connectivity index (χ0) is 22.6. The summed E-state index contributed by atoms with van der Waals surface area (Å²) in [5.41, 5.74) is 11.2. The van der Waals surface area contributed by atoms with Crippen LogP contribution in [0.2, 0.25) is 0 Å². The minimum Gasteiger partial charge on any atom is -0.403 e. The summed E-state index contributed by atoms with van der Waals surface area (Å²) < 4.78 is 19.4. The molecule has 0 atom stereocenters. The number of rotatable bonds is 6. The average molecular weight is 423 g/mol. The third kappa shape index (κ3) is 5.76. The number of hydrogen-bond acceptors (Lipinski definition) is 6. The smallest absolute Gasteiger partial charge is 0.269 e. The summed E-state index contributed by atoms with van der Waals surface area (Å²) in [6.07, 6.45) is 2.84. The number of carbonyl (C=O) groups is 1. The molecule has 31 heavy (non-hydrogen) atoms. The van der Waals surface area contributed by atoms with Gasteiger partial charge in [-0.3, -0.25) is 15.2 Å². The number of ether oxygens (including phenoxy) is 1. The van der Waals surface area contributed by atoms with Gasteiger partial charge in [-0.15, -0.1) is 0 Å². The van der Waals surface area contributed by atoms with E-state index in [1.165, 1.54) is 29.5 Å².